The van der Waals surface area contributed by atoms with E-state index in [-0.39, 0.29) is 5.91 Å². The Morgan fingerprint density at radius 3 is 2.44 bits per heavy atom. The lowest BCUT2D eigenvalue weighted by atomic mass is 10.2. The maximum Gasteiger partial charge on any atom is 0.251 e. The van der Waals surface area contributed by atoms with Gasteiger partial charge in [0.05, 0.1) is 19.8 Å². The minimum Gasteiger partial charge on any atom is -0.382 e. The minimum atomic E-state index is -0.118. The number of halogens is 2. The first-order valence-corrected chi connectivity index (χ1v) is 7.03. The Hall–Kier alpha value is -0.430. The fourth-order valence-corrected chi connectivity index (χ4v) is 2.56. The highest BCUT2D eigenvalue weighted by molar-refractivity contribution is 9.11. The van der Waals surface area contributed by atoms with Crippen molar-refractivity contribution in [3.05, 3.63) is 32.7 Å². The summed E-state index contributed by atoms with van der Waals surface area (Å²) < 4.78 is 11.8. The van der Waals surface area contributed by atoms with Crippen LogP contribution in [0.15, 0.2) is 27.1 Å². The number of benzene rings is 1. The van der Waals surface area contributed by atoms with Crippen LogP contribution in [0.4, 0.5) is 0 Å². The summed E-state index contributed by atoms with van der Waals surface area (Å²) in [6.45, 7) is 2.05. The monoisotopic (exact) mass is 379 g/mol. The van der Waals surface area contributed by atoms with Crippen molar-refractivity contribution in [2.24, 2.45) is 0 Å². The Labute approximate surface area is 123 Å². The maximum atomic E-state index is 11.8. The van der Waals surface area contributed by atoms with E-state index in [0.717, 1.165) is 8.95 Å². The zero-order chi connectivity index (χ0) is 13.4. The van der Waals surface area contributed by atoms with Gasteiger partial charge in [-0.3, -0.25) is 4.79 Å². The van der Waals surface area contributed by atoms with E-state index in [1.165, 1.54) is 0 Å². The molecule has 0 saturated heterocycles. The van der Waals surface area contributed by atoms with Crippen molar-refractivity contribution in [1.82, 2.24) is 5.32 Å². The highest BCUT2D eigenvalue weighted by Gasteiger charge is 2.06. The normalized spacial score (nSPS) is 10.4. The highest BCUT2D eigenvalue weighted by atomic mass is 79.9. The van der Waals surface area contributed by atoms with Crippen LogP contribution in [0.1, 0.15) is 10.4 Å². The van der Waals surface area contributed by atoms with Crippen LogP contribution in [0, 0.1) is 0 Å². The summed E-state index contributed by atoms with van der Waals surface area (Å²) in [5, 5.41) is 2.78. The second-order valence-electron chi connectivity index (χ2n) is 3.52. The van der Waals surface area contributed by atoms with Gasteiger partial charge in [0.2, 0.25) is 0 Å². The van der Waals surface area contributed by atoms with Gasteiger partial charge in [0.1, 0.15) is 0 Å². The van der Waals surface area contributed by atoms with E-state index in [2.05, 4.69) is 37.2 Å². The fourth-order valence-electron chi connectivity index (χ4n) is 1.27. The van der Waals surface area contributed by atoms with Gasteiger partial charge in [-0.05, 0) is 18.2 Å². The van der Waals surface area contributed by atoms with E-state index < -0.39 is 0 Å². The molecule has 0 aliphatic carbocycles. The molecule has 1 N–H and O–H groups in total. The van der Waals surface area contributed by atoms with Crippen LogP contribution >= 0.6 is 31.9 Å². The molecular weight excluding hydrogens is 366 g/mol. The predicted molar refractivity (Wildman–Crippen MR) is 76.9 cm³/mol. The lowest BCUT2D eigenvalue weighted by Gasteiger charge is -2.07. The van der Waals surface area contributed by atoms with Crippen LogP contribution in [0.2, 0.25) is 0 Å². The Morgan fingerprint density at radius 2 is 1.83 bits per heavy atom. The average molecular weight is 381 g/mol. The summed E-state index contributed by atoms with van der Waals surface area (Å²) in [7, 11) is 1.62. The molecule has 1 aromatic carbocycles. The van der Waals surface area contributed by atoms with Crippen molar-refractivity contribution in [3.63, 3.8) is 0 Å². The minimum absolute atomic E-state index is 0.118. The molecule has 1 aromatic rings. The van der Waals surface area contributed by atoms with Crippen LogP contribution in [-0.2, 0) is 9.47 Å². The molecule has 0 radical (unpaired) electrons. The number of ether oxygens (including phenoxy) is 2. The molecule has 0 saturated carbocycles. The van der Waals surface area contributed by atoms with Gasteiger partial charge in [-0.15, -0.1) is 0 Å². The second-order valence-corrected chi connectivity index (χ2v) is 5.35. The van der Waals surface area contributed by atoms with Crippen molar-refractivity contribution in [2.45, 2.75) is 0 Å². The number of rotatable bonds is 7. The van der Waals surface area contributed by atoms with Gasteiger partial charge >= 0.3 is 0 Å². The van der Waals surface area contributed by atoms with Crippen molar-refractivity contribution in [1.29, 1.82) is 0 Å². The molecule has 1 amide bonds. The van der Waals surface area contributed by atoms with Gasteiger partial charge in [0.25, 0.3) is 5.91 Å². The molecular formula is C12H15Br2NO3. The molecule has 0 aromatic heterocycles. The van der Waals surface area contributed by atoms with Gasteiger partial charge in [0, 0.05) is 28.2 Å². The average Bonchev–Trinajstić information content (AvgIpc) is 2.32. The number of carbonyl (C=O) groups is 1. The quantitative estimate of drug-likeness (QED) is 0.739. The number of methoxy groups -OCH3 is 1. The summed E-state index contributed by atoms with van der Waals surface area (Å²) >= 11 is 6.69. The fraction of sp³-hybridized carbons (Fsp3) is 0.417. The zero-order valence-electron chi connectivity index (χ0n) is 10.0. The van der Waals surface area contributed by atoms with E-state index in [0.29, 0.717) is 31.9 Å². The van der Waals surface area contributed by atoms with Gasteiger partial charge in [-0.2, -0.15) is 0 Å². The molecule has 6 heteroatoms. The molecule has 0 unspecified atom stereocenters. The van der Waals surface area contributed by atoms with E-state index in [9.17, 15) is 4.79 Å². The van der Waals surface area contributed by atoms with Gasteiger partial charge in [-0.25, -0.2) is 0 Å². The predicted octanol–water partition coefficient (Wildman–Crippen LogP) is 2.60. The van der Waals surface area contributed by atoms with Crippen molar-refractivity contribution in [2.75, 3.05) is 33.5 Å². The Morgan fingerprint density at radius 1 is 1.17 bits per heavy atom. The maximum absolute atomic E-state index is 11.8. The van der Waals surface area contributed by atoms with Crippen molar-refractivity contribution < 1.29 is 14.3 Å². The number of amides is 1. The number of carbonyl (C=O) groups excluding carboxylic acids is 1. The molecule has 100 valence electrons. The lowest BCUT2D eigenvalue weighted by Crippen LogP contribution is -2.27. The van der Waals surface area contributed by atoms with Crippen LogP contribution in [0.5, 0.6) is 0 Å². The lowest BCUT2D eigenvalue weighted by molar-refractivity contribution is 0.0692. The summed E-state index contributed by atoms with van der Waals surface area (Å²) in [6, 6.07) is 5.42. The molecule has 0 atom stereocenters. The molecule has 0 aliphatic rings. The number of nitrogens with one attached hydrogen (secondary N) is 1. The SMILES string of the molecule is COCCOCCNC(=O)c1cc(Br)cc(Br)c1. The van der Waals surface area contributed by atoms with Gasteiger partial charge < -0.3 is 14.8 Å². The first-order valence-electron chi connectivity index (χ1n) is 5.44. The van der Waals surface area contributed by atoms with Crippen LogP contribution in [0.25, 0.3) is 0 Å². The molecule has 0 fully saturated rings. The highest BCUT2D eigenvalue weighted by Crippen LogP contribution is 2.19. The Kier molecular flexibility index (Phi) is 7.50. The van der Waals surface area contributed by atoms with Crippen LogP contribution in [0.3, 0.4) is 0 Å². The molecule has 0 aliphatic heterocycles. The first kappa shape index (κ1) is 15.6. The number of hydrogen-bond acceptors (Lipinski definition) is 3. The van der Waals surface area contributed by atoms with E-state index >= 15 is 0 Å². The Balaban J connectivity index is 2.32. The zero-order valence-corrected chi connectivity index (χ0v) is 13.2. The van der Waals surface area contributed by atoms with Crippen molar-refractivity contribution in [3.8, 4) is 0 Å². The van der Waals surface area contributed by atoms with Crippen LogP contribution < -0.4 is 5.32 Å². The first-order chi connectivity index (χ1) is 8.63. The second kappa shape index (κ2) is 8.63. The molecule has 4 nitrogen and oxygen atoms in total. The van der Waals surface area contributed by atoms with E-state index in [1.54, 1.807) is 19.2 Å². The van der Waals surface area contributed by atoms with E-state index in [4.69, 9.17) is 9.47 Å². The van der Waals surface area contributed by atoms with E-state index in [1.807, 2.05) is 6.07 Å². The molecule has 0 spiro atoms. The third-order valence-corrected chi connectivity index (χ3v) is 3.00. The summed E-state index contributed by atoms with van der Waals surface area (Å²) in [4.78, 5) is 11.8. The summed E-state index contributed by atoms with van der Waals surface area (Å²) in [6.07, 6.45) is 0. The Bertz CT molecular complexity index is 379. The van der Waals surface area contributed by atoms with Gasteiger partial charge in [-0.1, -0.05) is 31.9 Å². The molecule has 1 rings (SSSR count). The summed E-state index contributed by atoms with van der Waals surface area (Å²) in [5.41, 5.74) is 0.605. The van der Waals surface area contributed by atoms with Gasteiger partial charge in [0.15, 0.2) is 0 Å². The molecule has 18 heavy (non-hydrogen) atoms. The van der Waals surface area contributed by atoms with Crippen LogP contribution in [-0.4, -0.2) is 39.4 Å². The third-order valence-electron chi connectivity index (χ3n) is 2.09. The molecule has 0 bridgehead atoms. The van der Waals surface area contributed by atoms with Crippen molar-refractivity contribution >= 4 is 37.8 Å². The number of hydrogen-bond donors (Lipinski definition) is 1. The third kappa shape index (κ3) is 5.95. The summed E-state index contributed by atoms with van der Waals surface area (Å²) in [5.74, 6) is -0.118. The molecule has 0 heterocycles. The topological polar surface area (TPSA) is 47.6 Å². The smallest absolute Gasteiger partial charge is 0.251 e. The standard InChI is InChI=1S/C12H15Br2NO3/c1-17-4-5-18-3-2-15-12(16)9-6-10(13)8-11(14)7-9/h6-8H,2-5H2,1H3,(H,15,16). The largest absolute Gasteiger partial charge is 0.382 e.